The molecule has 2 rings (SSSR count). The summed E-state index contributed by atoms with van der Waals surface area (Å²) in [7, 11) is 0. The molecule has 2 heteroatoms. The lowest BCUT2D eigenvalue weighted by molar-refractivity contribution is 0.817. The molecule has 0 saturated carbocycles. The Labute approximate surface area is 85.0 Å². The van der Waals surface area contributed by atoms with E-state index in [0.717, 1.165) is 13.1 Å². The summed E-state index contributed by atoms with van der Waals surface area (Å²) in [6.07, 6.45) is 4.39. The molecular formula is C12H16N2. The van der Waals surface area contributed by atoms with E-state index in [-0.39, 0.29) is 6.04 Å². The normalized spacial score (nSPS) is 17.4. The summed E-state index contributed by atoms with van der Waals surface area (Å²) in [4.78, 5) is 2.32. The second-order valence-corrected chi connectivity index (χ2v) is 3.76. The van der Waals surface area contributed by atoms with Crippen LogP contribution in [0.5, 0.6) is 0 Å². The van der Waals surface area contributed by atoms with Gasteiger partial charge in [-0.3, -0.25) is 0 Å². The lowest BCUT2D eigenvalue weighted by atomic mass is 10.1. The quantitative estimate of drug-likeness (QED) is 0.720. The molecule has 0 aliphatic carbocycles. The molecule has 0 spiro atoms. The zero-order chi connectivity index (χ0) is 9.97. The highest BCUT2D eigenvalue weighted by Gasteiger charge is 2.07. The van der Waals surface area contributed by atoms with Crippen molar-refractivity contribution in [3.05, 3.63) is 42.0 Å². The molecule has 0 bridgehead atoms. The molecule has 1 aliphatic rings. The van der Waals surface area contributed by atoms with Gasteiger partial charge in [-0.05, 0) is 24.6 Å². The molecule has 0 unspecified atom stereocenters. The van der Waals surface area contributed by atoms with Crippen molar-refractivity contribution < 1.29 is 0 Å². The molecule has 0 saturated heterocycles. The molecule has 2 nitrogen and oxygen atoms in total. The Hall–Kier alpha value is -1.28. The summed E-state index contributed by atoms with van der Waals surface area (Å²) in [6.45, 7) is 4.06. The third kappa shape index (κ3) is 1.80. The maximum atomic E-state index is 5.79. The lowest BCUT2D eigenvalue weighted by Gasteiger charge is -2.18. The number of hydrogen-bond acceptors (Lipinski definition) is 2. The highest BCUT2D eigenvalue weighted by Crippen LogP contribution is 2.19. The van der Waals surface area contributed by atoms with Gasteiger partial charge in [-0.1, -0.05) is 24.3 Å². The van der Waals surface area contributed by atoms with Crippen LogP contribution in [0.15, 0.2) is 36.4 Å². The number of benzene rings is 1. The third-order valence-electron chi connectivity index (χ3n) is 2.60. The minimum absolute atomic E-state index is 0.126. The van der Waals surface area contributed by atoms with Gasteiger partial charge in [0.2, 0.25) is 0 Å². The fourth-order valence-electron chi connectivity index (χ4n) is 1.68. The van der Waals surface area contributed by atoms with Crippen molar-refractivity contribution in [3.8, 4) is 0 Å². The second-order valence-electron chi connectivity index (χ2n) is 3.76. The molecule has 14 heavy (non-hydrogen) atoms. The van der Waals surface area contributed by atoms with Gasteiger partial charge < -0.3 is 10.6 Å². The molecule has 0 radical (unpaired) electrons. The van der Waals surface area contributed by atoms with Crippen LogP contribution in [-0.4, -0.2) is 13.1 Å². The molecule has 74 valence electrons. The largest absolute Gasteiger partial charge is 0.364 e. The van der Waals surface area contributed by atoms with Gasteiger partial charge in [0.25, 0.3) is 0 Å². The van der Waals surface area contributed by atoms with Gasteiger partial charge in [0, 0.05) is 24.8 Å². The third-order valence-corrected chi connectivity index (χ3v) is 2.60. The van der Waals surface area contributed by atoms with Crippen molar-refractivity contribution in [2.75, 3.05) is 18.0 Å². The van der Waals surface area contributed by atoms with E-state index < -0.39 is 0 Å². The van der Waals surface area contributed by atoms with Gasteiger partial charge in [-0.25, -0.2) is 0 Å². The first-order valence-corrected chi connectivity index (χ1v) is 5.03. The number of nitrogens with two attached hydrogens (primary N) is 1. The average Bonchev–Trinajstić information content (AvgIpc) is 2.71. The standard InChI is InChI=1S/C12H16N2/c1-10(13)11-4-6-12(7-5-11)14-8-2-3-9-14/h2-7,10H,8-9,13H2,1H3/t10-/m1/s1. The van der Waals surface area contributed by atoms with E-state index >= 15 is 0 Å². The Morgan fingerprint density at radius 2 is 1.71 bits per heavy atom. The Kier molecular flexibility index (Phi) is 2.55. The van der Waals surface area contributed by atoms with Gasteiger partial charge in [-0.2, -0.15) is 0 Å². The molecule has 0 fully saturated rings. The number of hydrogen-bond donors (Lipinski definition) is 1. The second kappa shape index (κ2) is 3.84. The summed E-state index contributed by atoms with van der Waals surface area (Å²) in [6, 6.07) is 8.63. The fraction of sp³-hybridized carbons (Fsp3) is 0.333. The summed E-state index contributed by atoms with van der Waals surface area (Å²) in [5, 5.41) is 0. The Morgan fingerprint density at radius 3 is 2.21 bits per heavy atom. The summed E-state index contributed by atoms with van der Waals surface area (Å²) < 4.78 is 0. The molecule has 0 aromatic heterocycles. The first kappa shape index (κ1) is 9.28. The summed E-state index contributed by atoms with van der Waals surface area (Å²) in [5.74, 6) is 0. The fourth-order valence-corrected chi connectivity index (χ4v) is 1.68. The Balaban J connectivity index is 2.13. The number of rotatable bonds is 2. The first-order valence-electron chi connectivity index (χ1n) is 5.03. The van der Waals surface area contributed by atoms with Gasteiger partial charge >= 0.3 is 0 Å². The molecule has 1 aliphatic heterocycles. The minimum Gasteiger partial charge on any atom is -0.364 e. The van der Waals surface area contributed by atoms with Crippen molar-refractivity contribution >= 4 is 5.69 Å². The van der Waals surface area contributed by atoms with E-state index in [2.05, 4.69) is 41.3 Å². The summed E-state index contributed by atoms with van der Waals surface area (Å²) in [5.41, 5.74) is 8.26. The van der Waals surface area contributed by atoms with Gasteiger partial charge in [-0.15, -0.1) is 0 Å². The van der Waals surface area contributed by atoms with E-state index in [9.17, 15) is 0 Å². The van der Waals surface area contributed by atoms with Crippen LogP contribution in [0, 0.1) is 0 Å². The monoisotopic (exact) mass is 188 g/mol. The van der Waals surface area contributed by atoms with Crippen molar-refractivity contribution in [3.63, 3.8) is 0 Å². The van der Waals surface area contributed by atoms with Crippen LogP contribution in [-0.2, 0) is 0 Å². The maximum Gasteiger partial charge on any atom is 0.0372 e. The van der Waals surface area contributed by atoms with Crippen LogP contribution < -0.4 is 10.6 Å². The Morgan fingerprint density at radius 1 is 1.14 bits per heavy atom. The van der Waals surface area contributed by atoms with Crippen LogP contribution in [0.1, 0.15) is 18.5 Å². The van der Waals surface area contributed by atoms with Crippen molar-refractivity contribution in [2.24, 2.45) is 5.73 Å². The first-order chi connectivity index (χ1) is 6.77. The number of nitrogens with zero attached hydrogens (tertiary/aromatic N) is 1. The van der Waals surface area contributed by atoms with Gasteiger partial charge in [0.1, 0.15) is 0 Å². The lowest BCUT2D eigenvalue weighted by Crippen LogP contribution is -2.18. The predicted octanol–water partition coefficient (Wildman–Crippen LogP) is 2.08. The predicted molar refractivity (Wildman–Crippen MR) is 60.4 cm³/mol. The molecule has 1 atom stereocenters. The minimum atomic E-state index is 0.126. The topological polar surface area (TPSA) is 29.3 Å². The van der Waals surface area contributed by atoms with E-state index in [4.69, 9.17) is 5.73 Å². The molecule has 2 N–H and O–H groups in total. The van der Waals surface area contributed by atoms with Crippen molar-refractivity contribution in [1.29, 1.82) is 0 Å². The molecule has 1 aromatic carbocycles. The van der Waals surface area contributed by atoms with Gasteiger partial charge in [0.15, 0.2) is 0 Å². The van der Waals surface area contributed by atoms with E-state index in [1.54, 1.807) is 0 Å². The van der Waals surface area contributed by atoms with Crippen LogP contribution in [0.2, 0.25) is 0 Å². The van der Waals surface area contributed by atoms with Crippen LogP contribution >= 0.6 is 0 Å². The van der Waals surface area contributed by atoms with Crippen LogP contribution in [0.3, 0.4) is 0 Å². The van der Waals surface area contributed by atoms with Crippen molar-refractivity contribution in [2.45, 2.75) is 13.0 Å². The zero-order valence-corrected chi connectivity index (χ0v) is 8.48. The van der Waals surface area contributed by atoms with Crippen LogP contribution in [0.25, 0.3) is 0 Å². The maximum absolute atomic E-state index is 5.79. The van der Waals surface area contributed by atoms with Crippen LogP contribution in [0.4, 0.5) is 5.69 Å². The van der Waals surface area contributed by atoms with Gasteiger partial charge in [0.05, 0.1) is 0 Å². The highest BCUT2D eigenvalue weighted by atomic mass is 15.1. The highest BCUT2D eigenvalue weighted by molar-refractivity contribution is 5.50. The summed E-state index contributed by atoms with van der Waals surface area (Å²) >= 11 is 0. The van der Waals surface area contributed by atoms with E-state index in [1.807, 2.05) is 6.92 Å². The van der Waals surface area contributed by atoms with E-state index in [0.29, 0.717) is 0 Å². The molecule has 1 aromatic rings. The van der Waals surface area contributed by atoms with Crippen molar-refractivity contribution in [1.82, 2.24) is 0 Å². The SMILES string of the molecule is C[C@@H](N)c1ccc(N2CC=CC2)cc1. The van der Waals surface area contributed by atoms with E-state index in [1.165, 1.54) is 11.3 Å². The molecular weight excluding hydrogens is 172 g/mol. The smallest absolute Gasteiger partial charge is 0.0372 e. The number of anilines is 1. The zero-order valence-electron chi connectivity index (χ0n) is 8.48. The molecule has 1 heterocycles. The average molecular weight is 188 g/mol. The Bertz CT molecular complexity index is 317. The molecule has 0 amide bonds.